The van der Waals surface area contributed by atoms with Gasteiger partial charge in [0.2, 0.25) is 11.7 Å². The van der Waals surface area contributed by atoms with Crippen LogP contribution in [0.3, 0.4) is 0 Å². The van der Waals surface area contributed by atoms with E-state index in [9.17, 15) is 0 Å². The van der Waals surface area contributed by atoms with E-state index in [0.29, 0.717) is 24.7 Å². The Morgan fingerprint density at radius 3 is 2.56 bits per heavy atom. The molecule has 0 fully saturated rings. The van der Waals surface area contributed by atoms with Crippen LogP contribution in [0.2, 0.25) is 0 Å². The molecule has 2 aromatic rings. The van der Waals surface area contributed by atoms with E-state index in [1.165, 1.54) is 0 Å². The third kappa shape index (κ3) is 3.04. The summed E-state index contributed by atoms with van der Waals surface area (Å²) in [5.74, 6) is 1.18. The first-order chi connectivity index (χ1) is 7.29. The van der Waals surface area contributed by atoms with Crippen LogP contribution in [0.4, 0.5) is 0 Å². The average molecular weight is 305 g/mol. The van der Waals surface area contributed by atoms with E-state index >= 15 is 0 Å². The lowest BCUT2D eigenvalue weighted by molar-refractivity contribution is 0.380. The van der Waals surface area contributed by atoms with Gasteiger partial charge in [-0.25, -0.2) is 0 Å². The number of rotatable bonds is 3. The zero-order valence-electron chi connectivity index (χ0n) is 8.39. The van der Waals surface area contributed by atoms with Gasteiger partial charge in [0.15, 0.2) is 0 Å². The van der Waals surface area contributed by atoms with Gasteiger partial charge >= 0.3 is 0 Å². The van der Waals surface area contributed by atoms with E-state index in [-0.39, 0.29) is 12.4 Å². The fourth-order valence-corrected chi connectivity index (χ4v) is 1.46. The standard InChI is InChI=1S/C10H10BrN3O.ClH/c11-8-3-1-7(2-4-8)10-13-9(5-6-12)15-14-10;/h1-4H,5-6,12H2;1H. The molecular formula is C10H11BrClN3O. The van der Waals surface area contributed by atoms with Crippen molar-refractivity contribution >= 4 is 28.3 Å². The number of hydrogen-bond donors (Lipinski definition) is 1. The highest BCUT2D eigenvalue weighted by atomic mass is 79.9. The number of halogens is 2. The minimum absolute atomic E-state index is 0. The summed E-state index contributed by atoms with van der Waals surface area (Å²) in [6, 6.07) is 7.74. The molecule has 16 heavy (non-hydrogen) atoms. The second-order valence-electron chi connectivity index (χ2n) is 3.06. The van der Waals surface area contributed by atoms with Crippen molar-refractivity contribution in [2.24, 2.45) is 5.73 Å². The summed E-state index contributed by atoms with van der Waals surface area (Å²) < 4.78 is 6.06. The van der Waals surface area contributed by atoms with E-state index in [0.717, 1.165) is 10.0 Å². The third-order valence-electron chi connectivity index (χ3n) is 1.93. The molecular weight excluding hydrogens is 293 g/mol. The Labute approximate surface area is 108 Å². The molecule has 0 aliphatic heterocycles. The molecule has 1 heterocycles. The number of nitrogens with zero attached hydrogens (tertiary/aromatic N) is 2. The molecule has 0 radical (unpaired) electrons. The van der Waals surface area contributed by atoms with Crippen LogP contribution in [0.5, 0.6) is 0 Å². The second-order valence-corrected chi connectivity index (χ2v) is 3.97. The molecule has 0 spiro atoms. The zero-order valence-corrected chi connectivity index (χ0v) is 10.8. The molecule has 86 valence electrons. The minimum Gasteiger partial charge on any atom is -0.339 e. The van der Waals surface area contributed by atoms with Crippen LogP contribution < -0.4 is 5.73 Å². The molecule has 0 atom stereocenters. The van der Waals surface area contributed by atoms with E-state index in [1.54, 1.807) is 0 Å². The maximum Gasteiger partial charge on any atom is 0.228 e. The minimum atomic E-state index is 0. The van der Waals surface area contributed by atoms with Crippen LogP contribution in [-0.4, -0.2) is 16.7 Å². The van der Waals surface area contributed by atoms with Crippen LogP contribution >= 0.6 is 28.3 Å². The maximum absolute atomic E-state index is 5.39. The van der Waals surface area contributed by atoms with Gasteiger partial charge in [0.1, 0.15) is 0 Å². The highest BCUT2D eigenvalue weighted by Crippen LogP contribution is 2.18. The van der Waals surface area contributed by atoms with Crippen LogP contribution in [0.1, 0.15) is 5.89 Å². The molecule has 0 amide bonds. The van der Waals surface area contributed by atoms with E-state index < -0.39 is 0 Å². The average Bonchev–Trinajstić information content (AvgIpc) is 2.68. The zero-order chi connectivity index (χ0) is 10.7. The Hall–Kier alpha value is -0.910. The molecule has 0 aliphatic carbocycles. The first-order valence-corrected chi connectivity index (χ1v) is 5.37. The second kappa shape index (κ2) is 5.98. The molecule has 2 N–H and O–H groups in total. The summed E-state index contributed by atoms with van der Waals surface area (Å²) in [7, 11) is 0. The van der Waals surface area contributed by atoms with Crippen LogP contribution in [-0.2, 0) is 6.42 Å². The third-order valence-corrected chi connectivity index (χ3v) is 2.46. The van der Waals surface area contributed by atoms with Gasteiger partial charge in [-0.1, -0.05) is 21.1 Å². The Morgan fingerprint density at radius 2 is 1.94 bits per heavy atom. The number of nitrogens with two attached hydrogens (primary N) is 1. The fourth-order valence-electron chi connectivity index (χ4n) is 1.20. The summed E-state index contributed by atoms with van der Waals surface area (Å²) in [6.07, 6.45) is 0.615. The summed E-state index contributed by atoms with van der Waals surface area (Å²) in [6.45, 7) is 0.516. The van der Waals surface area contributed by atoms with Gasteiger partial charge in [0.25, 0.3) is 0 Å². The molecule has 1 aromatic heterocycles. The molecule has 4 nitrogen and oxygen atoms in total. The lowest BCUT2D eigenvalue weighted by atomic mass is 10.2. The van der Waals surface area contributed by atoms with Crippen molar-refractivity contribution in [1.29, 1.82) is 0 Å². The molecule has 2 rings (SSSR count). The lowest BCUT2D eigenvalue weighted by Gasteiger charge is -1.93. The Morgan fingerprint density at radius 1 is 1.25 bits per heavy atom. The van der Waals surface area contributed by atoms with Crippen molar-refractivity contribution in [2.75, 3.05) is 6.54 Å². The quantitative estimate of drug-likeness (QED) is 0.946. The fraction of sp³-hybridized carbons (Fsp3) is 0.200. The van der Waals surface area contributed by atoms with Gasteiger partial charge < -0.3 is 10.3 Å². The largest absolute Gasteiger partial charge is 0.339 e. The molecule has 0 aliphatic rings. The first kappa shape index (κ1) is 13.2. The molecule has 1 aromatic carbocycles. The van der Waals surface area contributed by atoms with Gasteiger partial charge in [-0.2, -0.15) is 4.98 Å². The monoisotopic (exact) mass is 303 g/mol. The highest BCUT2D eigenvalue weighted by Gasteiger charge is 2.07. The van der Waals surface area contributed by atoms with Gasteiger partial charge in [-0.05, 0) is 24.3 Å². The molecule has 0 unspecified atom stereocenters. The number of aromatic nitrogens is 2. The summed E-state index contributed by atoms with van der Waals surface area (Å²) in [5, 5.41) is 3.88. The van der Waals surface area contributed by atoms with Gasteiger partial charge in [-0.15, -0.1) is 12.4 Å². The summed E-state index contributed by atoms with van der Waals surface area (Å²) in [5.41, 5.74) is 6.33. The summed E-state index contributed by atoms with van der Waals surface area (Å²) in [4.78, 5) is 4.23. The first-order valence-electron chi connectivity index (χ1n) is 4.58. The van der Waals surface area contributed by atoms with Crippen molar-refractivity contribution in [3.8, 4) is 11.4 Å². The van der Waals surface area contributed by atoms with Crippen molar-refractivity contribution in [3.05, 3.63) is 34.6 Å². The maximum atomic E-state index is 5.39. The topological polar surface area (TPSA) is 64.9 Å². The SMILES string of the molecule is Cl.NCCc1nc(-c2ccc(Br)cc2)no1. The van der Waals surface area contributed by atoms with E-state index in [2.05, 4.69) is 26.1 Å². The van der Waals surface area contributed by atoms with Crippen molar-refractivity contribution in [1.82, 2.24) is 10.1 Å². The molecule has 0 saturated heterocycles. The Kier molecular flexibility index (Phi) is 4.92. The predicted molar refractivity (Wildman–Crippen MR) is 67.4 cm³/mol. The molecule has 0 bridgehead atoms. The van der Waals surface area contributed by atoms with Crippen molar-refractivity contribution < 1.29 is 4.52 Å². The van der Waals surface area contributed by atoms with Gasteiger partial charge in [0.05, 0.1) is 0 Å². The van der Waals surface area contributed by atoms with Gasteiger partial charge in [0, 0.05) is 23.0 Å². The van der Waals surface area contributed by atoms with Crippen LogP contribution in [0, 0.1) is 0 Å². The van der Waals surface area contributed by atoms with E-state index in [4.69, 9.17) is 10.3 Å². The lowest BCUT2D eigenvalue weighted by Crippen LogP contribution is -2.02. The number of benzene rings is 1. The van der Waals surface area contributed by atoms with Crippen molar-refractivity contribution in [2.45, 2.75) is 6.42 Å². The molecule has 6 heteroatoms. The Bertz CT molecular complexity index is 444. The Balaban J connectivity index is 0.00000128. The molecule has 0 saturated carbocycles. The smallest absolute Gasteiger partial charge is 0.228 e. The number of hydrogen-bond acceptors (Lipinski definition) is 4. The highest BCUT2D eigenvalue weighted by molar-refractivity contribution is 9.10. The van der Waals surface area contributed by atoms with E-state index in [1.807, 2.05) is 24.3 Å². The van der Waals surface area contributed by atoms with Crippen LogP contribution in [0.15, 0.2) is 33.3 Å². The van der Waals surface area contributed by atoms with Crippen molar-refractivity contribution in [3.63, 3.8) is 0 Å². The predicted octanol–water partition coefficient (Wildman–Crippen LogP) is 2.42. The summed E-state index contributed by atoms with van der Waals surface area (Å²) >= 11 is 3.37. The van der Waals surface area contributed by atoms with Gasteiger partial charge in [-0.3, -0.25) is 0 Å². The normalized spacial score (nSPS) is 9.88. The van der Waals surface area contributed by atoms with Crippen LogP contribution in [0.25, 0.3) is 11.4 Å².